The van der Waals surface area contributed by atoms with Crippen LogP contribution in [0.15, 0.2) is 67.3 Å². The van der Waals surface area contributed by atoms with Gasteiger partial charge in [-0.2, -0.15) is 5.10 Å². The van der Waals surface area contributed by atoms with Crippen LogP contribution in [0, 0.1) is 0 Å². The van der Waals surface area contributed by atoms with Crippen molar-refractivity contribution in [2.45, 2.75) is 19.1 Å². The Balaban J connectivity index is 1.66. The summed E-state index contributed by atoms with van der Waals surface area (Å²) in [5, 5.41) is 17.0. The molecule has 0 saturated heterocycles. The largest absolute Gasteiger partial charge is 0.378 e. The number of rotatable bonds is 5. The fraction of sp³-hybridized carbons (Fsp3) is 0.167. The maximum Gasteiger partial charge on any atom is 0.253 e. The number of nitrogens with one attached hydrogen (secondary N) is 1. The highest BCUT2D eigenvalue weighted by Gasteiger charge is 2.19. The molecule has 2 aromatic carbocycles. The summed E-state index contributed by atoms with van der Waals surface area (Å²) in [6, 6.07) is 16.3. The lowest BCUT2D eigenvalue weighted by Crippen LogP contribution is -2.31. The van der Waals surface area contributed by atoms with Gasteiger partial charge in [-0.25, -0.2) is 9.67 Å². The van der Waals surface area contributed by atoms with Crippen LogP contribution in [0.1, 0.15) is 30.2 Å². The van der Waals surface area contributed by atoms with Crippen LogP contribution in [0.3, 0.4) is 0 Å². The zero-order chi connectivity index (χ0) is 16.9. The molecule has 122 valence electrons. The number of aliphatic hydroxyl groups excluding tert-OH is 1. The van der Waals surface area contributed by atoms with Gasteiger partial charge >= 0.3 is 0 Å². The summed E-state index contributed by atoms with van der Waals surface area (Å²) in [4.78, 5) is 16.1. The molecule has 24 heavy (non-hydrogen) atoms. The lowest BCUT2D eigenvalue weighted by molar-refractivity contribution is -0.130. The quantitative estimate of drug-likeness (QED) is 0.754. The van der Waals surface area contributed by atoms with E-state index >= 15 is 0 Å². The first-order chi connectivity index (χ1) is 11.6. The molecule has 0 radical (unpaired) electrons. The van der Waals surface area contributed by atoms with Gasteiger partial charge in [0.1, 0.15) is 12.7 Å². The Morgan fingerprint density at radius 1 is 1.08 bits per heavy atom. The Bertz CT molecular complexity index is 786. The highest BCUT2D eigenvalue weighted by molar-refractivity contribution is 5.82. The Morgan fingerprint density at radius 2 is 1.79 bits per heavy atom. The van der Waals surface area contributed by atoms with Gasteiger partial charge in [0.15, 0.2) is 6.10 Å². The minimum absolute atomic E-state index is 0.222. The van der Waals surface area contributed by atoms with Crippen LogP contribution in [0.5, 0.6) is 0 Å². The van der Waals surface area contributed by atoms with Gasteiger partial charge in [-0.1, -0.05) is 42.5 Å². The van der Waals surface area contributed by atoms with E-state index in [1.54, 1.807) is 35.3 Å². The van der Waals surface area contributed by atoms with Crippen molar-refractivity contribution in [3.63, 3.8) is 0 Å². The first-order valence-corrected chi connectivity index (χ1v) is 7.63. The van der Waals surface area contributed by atoms with Gasteiger partial charge in [0.25, 0.3) is 5.91 Å². The van der Waals surface area contributed by atoms with Crippen LogP contribution in [0.2, 0.25) is 0 Å². The third-order valence-corrected chi connectivity index (χ3v) is 3.80. The molecule has 2 atom stereocenters. The standard InChI is InChI=1S/C18H18N4O2/c1-13(21-18(24)17(23)15-5-3-2-4-6-15)14-7-9-16(10-8-14)22-12-19-11-20-22/h2-13,17,23H,1H3,(H,21,24). The van der Waals surface area contributed by atoms with Gasteiger partial charge in [0, 0.05) is 0 Å². The number of amides is 1. The molecule has 0 aliphatic heterocycles. The molecule has 0 fully saturated rings. The molecule has 6 nitrogen and oxygen atoms in total. The van der Waals surface area contributed by atoms with Crippen LogP contribution in [-0.2, 0) is 4.79 Å². The first-order valence-electron chi connectivity index (χ1n) is 7.63. The average Bonchev–Trinajstić information content (AvgIpc) is 3.16. The zero-order valence-corrected chi connectivity index (χ0v) is 13.2. The van der Waals surface area contributed by atoms with E-state index in [9.17, 15) is 9.90 Å². The summed E-state index contributed by atoms with van der Waals surface area (Å²) in [5.41, 5.74) is 2.40. The maximum absolute atomic E-state index is 12.2. The Kier molecular flexibility index (Phi) is 4.67. The molecular formula is C18H18N4O2. The molecule has 1 aromatic heterocycles. The molecule has 0 saturated carbocycles. The molecular weight excluding hydrogens is 304 g/mol. The van der Waals surface area contributed by atoms with E-state index < -0.39 is 12.0 Å². The van der Waals surface area contributed by atoms with E-state index in [2.05, 4.69) is 15.4 Å². The molecule has 1 amide bonds. The second kappa shape index (κ2) is 7.06. The van der Waals surface area contributed by atoms with Crippen LogP contribution in [0.25, 0.3) is 5.69 Å². The van der Waals surface area contributed by atoms with Crippen molar-refractivity contribution in [3.05, 3.63) is 78.4 Å². The smallest absolute Gasteiger partial charge is 0.253 e. The highest BCUT2D eigenvalue weighted by Crippen LogP contribution is 2.18. The lowest BCUT2D eigenvalue weighted by atomic mass is 10.1. The Hall–Kier alpha value is -2.99. The van der Waals surface area contributed by atoms with E-state index in [-0.39, 0.29) is 6.04 Å². The maximum atomic E-state index is 12.2. The predicted molar refractivity (Wildman–Crippen MR) is 89.3 cm³/mol. The summed E-state index contributed by atoms with van der Waals surface area (Å²) in [7, 11) is 0. The topological polar surface area (TPSA) is 80.0 Å². The van der Waals surface area contributed by atoms with Gasteiger partial charge in [0.05, 0.1) is 11.7 Å². The second-order valence-corrected chi connectivity index (χ2v) is 5.48. The third kappa shape index (κ3) is 3.49. The molecule has 2 unspecified atom stereocenters. The molecule has 2 N–H and O–H groups in total. The second-order valence-electron chi connectivity index (χ2n) is 5.48. The fourth-order valence-corrected chi connectivity index (χ4v) is 2.42. The minimum Gasteiger partial charge on any atom is -0.378 e. The fourth-order valence-electron chi connectivity index (χ4n) is 2.42. The summed E-state index contributed by atoms with van der Waals surface area (Å²) in [6.07, 6.45) is 1.92. The first kappa shape index (κ1) is 15.9. The summed E-state index contributed by atoms with van der Waals surface area (Å²) >= 11 is 0. The molecule has 3 rings (SSSR count). The van der Waals surface area contributed by atoms with E-state index in [1.165, 1.54) is 6.33 Å². The van der Waals surface area contributed by atoms with Crippen molar-refractivity contribution in [2.75, 3.05) is 0 Å². The van der Waals surface area contributed by atoms with Crippen molar-refractivity contribution in [1.82, 2.24) is 20.1 Å². The Labute approximate surface area is 139 Å². The third-order valence-electron chi connectivity index (χ3n) is 3.80. The summed E-state index contributed by atoms with van der Waals surface area (Å²) < 4.78 is 1.66. The van der Waals surface area contributed by atoms with Gasteiger partial charge in [-0.15, -0.1) is 0 Å². The van der Waals surface area contributed by atoms with Crippen molar-refractivity contribution >= 4 is 5.91 Å². The van der Waals surface area contributed by atoms with E-state index in [4.69, 9.17) is 0 Å². The van der Waals surface area contributed by atoms with Crippen LogP contribution < -0.4 is 5.32 Å². The molecule has 0 bridgehead atoms. The average molecular weight is 322 g/mol. The number of hydrogen-bond donors (Lipinski definition) is 2. The molecule has 3 aromatic rings. The predicted octanol–water partition coefficient (Wildman–Crippen LogP) is 2.18. The summed E-state index contributed by atoms with van der Waals surface area (Å²) in [5.74, 6) is -0.422. The molecule has 6 heteroatoms. The van der Waals surface area contributed by atoms with Crippen molar-refractivity contribution in [3.8, 4) is 5.69 Å². The van der Waals surface area contributed by atoms with Gasteiger partial charge in [0.2, 0.25) is 0 Å². The SMILES string of the molecule is CC(NC(=O)C(O)c1ccccc1)c1ccc(-n2cncn2)cc1. The Morgan fingerprint density at radius 3 is 2.42 bits per heavy atom. The number of aromatic nitrogens is 3. The summed E-state index contributed by atoms with van der Waals surface area (Å²) in [6.45, 7) is 1.88. The molecule has 0 aliphatic carbocycles. The van der Waals surface area contributed by atoms with Gasteiger partial charge in [-0.05, 0) is 30.2 Å². The normalized spacial score (nSPS) is 13.2. The van der Waals surface area contributed by atoms with E-state index in [0.717, 1.165) is 11.3 Å². The van der Waals surface area contributed by atoms with Crippen LogP contribution in [0.4, 0.5) is 0 Å². The number of carbonyl (C=O) groups is 1. The monoisotopic (exact) mass is 322 g/mol. The van der Waals surface area contributed by atoms with Crippen molar-refractivity contribution in [1.29, 1.82) is 0 Å². The number of hydrogen-bond acceptors (Lipinski definition) is 4. The molecule has 1 heterocycles. The molecule has 0 aliphatic rings. The van der Waals surface area contributed by atoms with Crippen molar-refractivity contribution < 1.29 is 9.90 Å². The molecule has 0 spiro atoms. The highest BCUT2D eigenvalue weighted by atomic mass is 16.3. The minimum atomic E-state index is -1.18. The van der Waals surface area contributed by atoms with Crippen LogP contribution >= 0.6 is 0 Å². The number of benzene rings is 2. The number of nitrogens with zero attached hydrogens (tertiary/aromatic N) is 3. The van der Waals surface area contributed by atoms with Crippen LogP contribution in [-0.4, -0.2) is 25.8 Å². The zero-order valence-electron chi connectivity index (χ0n) is 13.2. The van der Waals surface area contributed by atoms with E-state index in [1.807, 2.05) is 37.3 Å². The van der Waals surface area contributed by atoms with Gasteiger partial charge < -0.3 is 10.4 Å². The van der Waals surface area contributed by atoms with Gasteiger partial charge in [-0.3, -0.25) is 4.79 Å². The van der Waals surface area contributed by atoms with E-state index in [0.29, 0.717) is 5.56 Å². The van der Waals surface area contributed by atoms with Crippen molar-refractivity contribution in [2.24, 2.45) is 0 Å². The number of carbonyl (C=O) groups excluding carboxylic acids is 1. The number of aliphatic hydroxyl groups is 1. The lowest BCUT2D eigenvalue weighted by Gasteiger charge is -2.18.